The molecule has 5 aliphatic rings. The van der Waals surface area contributed by atoms with E-state index in [9.17, 15) is 9.59 Å². The summed E-state index contributed by atoms with van der Waals surface area (Å²) in [6.07, 6.45) is 4.23. The largest absolute Gasteiger partial charge is 0.380 e. The van der Waals surface area contributed by atoms with Crippen LogP contribution in [-0.4, -0.2) is 51.9 Å². The number of anilines is 1. The van der Waals surface area contributed by atoms with Gasteiger partial charge in [0.1, 0.15) is 17.2 Å². The van der Waals surface area contributed by atoms with Crippen molar-refractivity contribution in [2.45, 2.75) is 76.4 Å². The van der Waals surface area contributed by atoms with Crippen molar-refractivity contribution in [2.75, 3.05) is 25.1 Å². The lowest BCUT2D eigenvalue weighted by Crippen LogP contribution is -2.53. The molecule has 48 heavy (non-hydrogen) atoms. The zero-order valence-electron chi connectivity index (χ0n) is 26.1. The third-order valence-electron chi connectivity index (χ3n) is 11.4. The van der Waals surface area contributed by atoms with Gasteiger partial charge in [0.15, 0.2) is 5.78 Å². The van der Waals surface area contributed by atoms with Crippen LogP contribution in [0.3, 0.4) is 0 Å². The number of rotatable bonds is 7. The summed E-state index contributed by atoms with van der Waals surface area (Å²) in [6, 6.07) is 16.4. The molecule has 4 aromatic rings. The second-order valence-corrected chi connectivity index (χ2v) is 15.4. The average Bonchev–Trinajstić information content (AvgIpc) is 3.63. The number of ketones is 1. The number of hydrogen-bond acceptors (Lipinski definition) is 5. The fourth-order valence-electron chi connectivity index (χ4n) is 8.92. The number of amides is 1. The summed E-state index contributed by atoms with van der Waals surface area (Å²) in [5.41, 5.74) is 3.09. The minimum Gasteiger partial charge on any atom is -0.380 e. The highest BCUT2D eigenvalue weighted by Gasteiger charge is 2.69. The Morgan fingerprint density at radius 1 is 1.10 bits per heavy atom. The van der Waals surface area contributed by atoms with Gasteiger partial charge in [-0.25, -0.2) is 9.37 Å². The van der Waals surface area contributed by atoms with E-state index in [4.69, 9.17) is 32.9 Å². The Morgan fingerprint density at radius 3 is 2.67 bits per heavy atom. The number of nitrogens with one attached hydrogen (secondary N) is 1. The molecule has 0 unspecified atom stereocenters. The number of nitrogens with zero attached hydrogens (tertiary/aromatic N) is 3. The summed E-state index contributed by atoms with van der Waals surface area (Å²) in [7, 11) is 0. The number of benzene rings is 3. The van der Waals surface area contributed by atoms with Crippen molar-refractivity contribution in [1.82, 2.24) is 14.5 Å². The van der Waals surface area contributed by atoms with E-state index >= 15 is 4.39 Å². The molecular formula is C38H39Cl2FN4O3. The number of aryl methyl sites for hydroxylation is 1. The van der Waals surface area contributed by atoms with E-state index in [2.05, 4.69) is 21.7 Å². The Kier molecular flexibility index (Phi) is 7.57. The van der Waals surface area contributed by atoms with Crippen molar-refractivity contribution >= 4 is 51.6 Å². The molecule has 7 nitrogen and oxygen atoms in total. The molecular weight excluding hydrogens is 650 g/mol. The van der Waals surface area contributed by atoms with E-state index in [-0.39, 0.29) is 41.5 Å². The Balaban J connectivity index is 0.00000336. The average molecular weight is 690 g/mol. The molecule has 4 atom stereocenters. The predicted octanol–water partition coefficient (Wildman–Crippen LogP) is 8.33. The Morgan fingerprint density at radius 2 is 1.92 bits per heavy atom. The molecule has 10 heteroatoms. The minimum atomic E-state index is -1.18. The van der Waals surface area contributed by atoms with Gasteiger partial charge in [-0.1, -0.05) is 55.8 Å². The number of ether oxygens (including phenoxy) is 1. The molecule has 250 valence electrons. The Bertz CT molecular complexity index is 1990. The zero-order chi connectivity index (χ0) is 32.2. The standard InChI is InChI=1S/C37H35Cl2FN4O3.CH4/c1-36(18-47-19-36)13-11-30(45)21-7-10-28-27(15-21)41-34-31-29(12-14-43(28)34)44(17-20-5-6-20)37(32(31)23-3-2-4-25(39)33(23)40)24-9-8-22(38)16-26(24)42-35(37)46;/h2-4,7-10,15-16,20,29,31-32H,5-6,11-14,17-19H2,1H3,(H,42,46);1H4/t29-,31+,32-,37+;/m0./s1. The molecule has 3 aromatic carbocycles. The summed E-state index contributed by atoms with van der Waals surface area (Å²) in [4.78, 5) is 35.6. The highest BCUT2D eigenvalue weighted by molar-refractivity contribution is 6.31. The topological polar surface area (TPSA) is 76.5 Å². The van der Waals surface area contributed by atoms with Crippen LogP contribution in [0.5, 0.6) is 0 Å². The molecule has 5 heterocycles. The van der Waals surface area contributed by atoms with Crippen molar-refractivity contribution in [3.05, 3.63) is 93.0 Å². The molecule has 9 rings (SSSR count). The fourth-order valence-corrected chi connectivity index (χ4v) is 9.28. The van der Waals surface area contributed by atoms with Crippen LogP contribution >= 0.6 is 23.2 Å². The molecule has 1 amide bonds. The molecule has 1 spiro atoms. The van der Waals surface area contributed by atoms with E-state index in [0.717, 1.165) is 54.6 Å². The van der Waals surface area contributed by atoms with Gasteiger partial charge in [-0.15, -0.1) is 0 Å². The highest BCUT2D eigenvalue weighted by Crippen LogP contribution is 2.64. The number of halogens is 3. The van der Waals surface area contributed by atoms with Gasteiger partial charge in [0.25, 0.3) is 0 Å². The molecule has 0 radical (unpaired) electrons. The van der Waals surface area contributed by atoms with Crippen molar-refractivity contribution in [3.63, 3.8) is 0 Å². The number of imidazole rings is 1. The zero-order valence-corrected chi connectivity index (χ0v) is 27.6. The number of Topliss-reactive ketones (excluding diaryl/α,β-unsaturated/α-hetero) is 1. The molecule has 1 saturated carbocycles. The highest BCUT2D eigenvalue weighted by atomic mass is 35.5. The number of carbonyl (C=O) groups is 2. The van der Waals surface area contributed by atoms with Gasteiger partial charge < -0.3 is 14.6 Å². The van der Waals surface area contributed by atoms with Gasteiger partial charge in [-0.05, 0) is 73.6 Å². The monoisotopic (exact) mass is 688 g/mol. The molecule has 1 aromatic heterocycles. The lowest BCUT2D eigenvalue weighted by molar-refractivity contribution is -0.128. The number of fused-ring (bicyclic) bond motifs is 7. The van der Waals surface area contributed by atoms with Crippen molar-refractivity contribution in [2.24, 2.45) is 11.3 Å². The maximum Gasteiger partial charge on any atom is 0.250 e. The van der Waals surface area contributed by atoms with E-state index < -0.39 is 17.3 Å². The third kappa shape index (κ3) is 4.63. The molecule has 4 aliphatic heterocycles. The van der Waals surface area contributed by atoms with Crippen molar-refractivity contribution < 1.29 is 18.7 Å². The predicted molar refractivity (Wildman–Crippen MR) is 185 cm³/mol. The van der Waals surface area contributed by atoms with Crippen molar-refractivity contribution in [3.8, 4) is 0 Å². The Labute approximate surface area is 289 Å². The van der Waals surface area contributed by atoms with Gasteiger partial charge in [0.2, 0.25) is 5.91 Å². The first-order chi connectivity index (χ1) is 22.7. The first-order valence-corrected chi connectivity index (χ1v) is 17.4. The number of aromatic nitrogens is 2. The first-order valence-electron chi connectivity index (χ1n) is 16.6. The van der Waals surface area contributed by atoms with Crippen LogP contribution in [0.2, 0.25) is 10.0 Å². The third-order valence-corrected chi connectivity index (χ3v) is 12.0. The van der Waals surface area contributed by atoms with Gasteiger partial charge in [0.05, 0.1) is 29.3 Å². The second kappa shape index (κ2) is 11.4. The number of hydrogen-bond donors (Lipinski definition) is 1. The van der Waals surface area contributed by atoms with Crippen LogP contribution in [0.25, 0.3) is 11.0 Å². The van der Waals surface area contributed by atoms with E-state index in [1.54, 1.807) is 24.3 Å². The summed E-state index contributed by atoms with van der Waals surface area (Å²) < 4.78 is 23.9. The fraction of sp³-hybridized carbons (Fsp3) is 0.447. The summed E-state index contributed by atoms with van der Waals surface area (Å²) in [5, 5.41) is 3.70. The first kappa shape index (κ1) is 31.9. The molecule has 0 bridgehead atoms. The van der Waals surface area contributed by atoms with Crippen LogP contribution in [0.1, 0.15) is 85.6 Å². The molecule has 1 N–H and O–H groups in total. The molecule has 3 fully saturated rings. The maximum atomic E-state index is 16.4. The SMILES string of the molecule is C.CC1(CCC(=O)c2ccc3c(c2)nc2n3CC[C@H]3[C@@H]2[C@H](c2cccc(Cl)c2F)[C@]2(C(=O)Nc4cc(Cl)ccc42)N3CC2CC2)COC1. The van der Waals surface area contributed by atoms with Gasteiger partial charge in [0, 0.05) is 64.6 Å². The smallest absolute Gasteiger partial charge is 0.250 e. The van der Waals surface area contributed by atoms with Gasteiger partial charge in [-0.3, -0.25) is 14.5 Å². The second-order valence-electron chi connectivity index (χ2n) is 14.6. The van der Waals surface area contributed by atoms with E-state index in [1.807, 2.05) is 30.3 Å². The quantitative estimate of drug-likeness (QED) is 0.198. The number of likely N-dealkylation sites (tertiary alicyclic amines) is 1. The van der Waals surface area contributed by atoms with E-state index in [0.29, 0.717) is 53.9 Å². The minimum absolute atomic E-state index is 0. The summed E-state index contributed by atoms with van der Waals surface area (Å²) in [5.74, 6) is -0.221. The van der Waals surface area contributed by atoms with Crippen LogP contribution in [-0.2, 0) is 21.6 Å². The summed E-state index contributed by atoms with van der Waals surface area (Å²) >= 11 is 12.9. The molecule has 1 aliphatic carbocycles. The molecule has 2 saturated heterocycles. The van der Waals surface area contributed by atoms with Gasteiger partial charge >= 0.3 is 0 Å². The van der Waals surface area contributed by atoms with E-state index in [1.165, 1.54) is 0 Å². The summed E-state index contributed by atoms with van der Waals surface area (Å²) in [6.45, 7) is 4.98. The van der Waals surface area contributed by atoms with Crippen LogP contribution < -0.4 is 5.32 Å². The maximum absolute atomic E-state index is 16.4. The van der Waals surface area contributed by atoms with Crippen molar-refractivity contribution in [1.29, 1.82) is 0 Å². The van der Waals surface area contributed by atoms with Gasteiger partial charge in [-0.2, -0.15) is 0 Å². The van der Waals surface area contributed by atoms with Crippen LogP contribution in [0.4, 0.5) is 10.1 Å². The lowest BCUT2D eigenvalue weighted by atomic mass is 9.70. The van der Waals surface area contributed by atoms with Crippen LogP contribution in [0.15, 0.2) is 54.6 Å². The lowest BCUT2D eigenvalue weighted by Gasteiger charge is -2.40. The Hall–Kier alpha value is -3.30. The number of carbonyl (C=O) groups excluding carboxylic acids is 2. The van der Waals surface area contributed by atoms with Crippen LogP contribution in [0, 0.1) is 17.2 Å². The normalized spacial score (nSPS) is 26.8.